The molecule has 0 aliphatic rings. The van der Waals surface area contributed by atoms with Crippen LogP contribution in [0.15, 0.2) is 84.9 Å². The molecule has 0 fully saturated rings. The zero-order valence-corrected chi connectivity index (χ0v) is 15.9. The fourth-order valence-electron chi connectivity index (χ4n) is 3.46. The number of imidazole rings is 2. The molecule has 0 amide bonds. The van der Waals surface area contributed by atoms with Gasteiger partial charge in [-0.05, 0) is 12.1 Å². The lowest BCUT2D eigenvalue weighted by Crippen LogP contribution is -2.01. The van der Waals surface area contributed by atoms with Gasteiger partial charge in [0.15, 0.2) is 0 Å². The Labute approximate surface area is 172 Å². The Morgan fingerprint density at radius 1 is 0.600 bits per heavy atom. The summed E-state index contributed by atoms with van der Waals surface area (Å²) >= 11 is 0. The molecule has 0 aliphatic carbocycles. The van der Waals surface area contributed by atoms with Crippen LogP contribution in [-0.4, -0.2) is 25.2 Å². The van der Waals surface area contributed by atoms with Crippen molar-refractivity contribution in [2.45, 2.75) is 0 Å². The van der Waals surface area contributed by atoms with E-state index in [9.17, 15) is 10.2 Å². The van der Waals surface area contributed by atoms with E-state index >= 15 is 0 Å². The third-order valence-electron chi connectivity index (χ3n) is 4.99. The fourth-order valence-corrected chi connectivity index (χ4v) is 3.46. The molecule has 2 aromatic heterocycles. The first-order valence-electron chi connectivity index (χ1n) is 9.54. The molecule has 5 rings (SSSR count). The number of hydrogen-bond donors (Lipinski definition) is 4. The molecule has 6 heteroatoms. The topological polar surface area (TPSA) is 99.1 Å². The number of hydrogen-bond acceptors (Lipinski definition) is 3. The predicted octanol–water partition coefficient (Wildman–Crippen LogP) is 4.63. The molecule has 0 saturated carbocycles. The van der Waals surface area contributed by atoms with Crippen LogP contribution in [0.5, 0.6) is 11.8 Å². The van der Waals surface area contributed by atoms with Crippen LogP contribution in [0.25, 0.3) is 45.3 Å². The summed E-state index contributed by atoms with van der Waals surface area (Å²) < 4.78 is 0. The van der Waals surface area contributed by atoms with Crippen molar-refractivity contribution in [2.75, 3.05) is 0 Å². The van der Waals surface area contributed by atoms with Crippen LogP contribution >= 0.6 is 0 Å². The van der Waals surface area contributed by atoms with Gasteiger partial charge in [0, 0.05) is 16.7 Å². The van der Waals surface area contributed by atoms with Crippen LogP contribution in [0.4, 0.5) is 0 Å². The summed E-state index contributed by atoms with van der Waals surface area (Å²) in [4.78, 5) is 13.7. The molecule has 3 aromatic carbocycles. The van der Waals surface area contributed by atoms with Gasteiger partial charge in [-0.25, -0.2) is 9.97 Å². The van der Waals surface area contributed by atoms with Crippen LogP contribution in [0.1, 0.15) is 0 Å². The molecule has 0 radical (unpaired) electrons. The molecule has 30 heavy (non-hydrogen) atoms. The van der Waals surface area contributed by atoms with Crippen molar-refractivity contribution >= 4 is 0 Å². The van der Waals surface area contributed by atoms with Crippen LogP contribution in [0, 0.1) is 0 Å². The van der Waals surface area contributed by atoms with Gasteiger partial charge in [0.1, 0.15) is 11.5 Å². The molecule has 5 N–H and O–H groups in total. The molecule has 0 bridgehead atoms. The van der Waals surface area contributed by atoms with Crippen LogP contribution in [0.2, 0.25) is 0 Å². The minimum absolute atomic E-state index is 0.0320. The predicted molar refractivity (Wildman–Crippen MR) is 115 cm³/mol. The number of aromatic hydroxyl groups is 2. The third kappa shape index (κ3) is 3.20. The van der Waals surface area contributed by atoms with Gasteiger partial charge in [-0.2, -0.15) is 4.98 Å². The Kier molecular flexibility index (Phi) is 4.29. The smallest absolute Gasteiger partial charge is 0.328 e. The Morgan fingerprint density at radius 2 is 1.17 bits per heavy atom. The van der Waals surface area contributed by atoms with Crippen LogP contribution in [0.3, 0.4) is 0 Å². The zero-order valence-electron chi connectivity index (χ0n) is 15.9. The highest BCUT2D eigenvalue weighted by atomic mass is 16.3. The van der Waals surface area contributed by atoms with Gasteiger partial charge in [-0.3, -0.25) is 0 Å². The van der Waals surface area contributed by atoms with Crippen molar-refractivity contribution in [3.05, 3.63) is 84.9 Å². The summed E-state index contributed by atoms with van der Waals surface area (Å²) in [6.07, 6.45) is 0. The average molecular weight is 395 g/mol. The van der Waals surface area contributed by atoms with Gasteiger partial charge in [0.25, 0.3) is 5.82 Å². The molecule has 2 heterocycles. The molecule has 0 atom stereocenters. The lowest BCUT2D eigenvalue weighted by atomic mass is 10.1. The second-order valence-electron chi connectivity index (χ2n) is 6.94. The number of H-pyrrole nitrogens is 3. The molecule has 0 saturated heterocycles. The Bertz CT molecular complexity index is 1190. The normalized spacial score (nSPS) is 10.9. The number of nitrogens with zero attached hydrogens (tertiary/aromatic N) is 1. The van der Waals surface area contributed by atoms with E-state index in [1.165, 1.54) is 0 Å². The van der Waals surface area contributed by atoms with Crippen molar-refractivity contribution < 1.29 is 15.2 Å². The molecule has 5 aromatic rings. The quantitative estimate of drug-likeness (QED) is 0.357. The summed E-state index contributed by atoms with van der Waals surface area (Å²) in [5, 5.41) is 20.5. The summed E-state index contributed by atoms with van der Waals surface area (Å²) in [6, 6.07) is 26.9. The monoisotopic (exact) mass is 395 g/mol. The van der Waals surface area contributed by atoms with Gasteiger partial charge in [0.05, 0.1) is 5.56 Å². The minimum atomic E-state index is -0.0320. The maximum atomic E-state index is 10.3. The summed E-state index contributed by atoms with van der Waals surface area (Å²) in [5.41, 5.74) is 4.72. The minimum Gasteiger partial charge on any atom is -0.492 e. The van der Waals surface area contributed by atoms with Gasteiger partial charge in [-0.1, -0.05) is 72.8 Å². The van der Waals surface area contributed by atoms with Gasteiger partial charge >= 0.3 is 5.88 Å². The first kappa shape index (κ1) is 17.8. The average Bonchev–Trinajstić information content (AvgIpc) is 3.38. The van der Waals surface area contributed by atoms with E-state index in [-0.39, 0.29) is 11.8 Å². The summed E-state index contributed by atoms with van der Waals surface area (Å²) in [5.74, 6) is 1.34. The number of benzene rings is 3. The Morgan fingerprint density at radius 3 is 1.80 bits per heavy atom. The molecular formula is C24H19N4O2+. The highest BCUT2D eigenvalue weighted by Gasteiger charge is 2.20. The number of rotatable bonds is 4. The van der Waals surface area contributed by atoms with Crippen molar-refractivity contribution in [3.63, 3.8) is 0 Å². The number of aromatic amines is 3. The highest BCUT2D eigenvalue weighted by molar-refractivity contribution is 5.71. The van der Waals surface area contributed by atoms with E-state index in [1.807, 2.05) is 84.9 Å². The van der Waals surface area contributed by atoms with Gasteiger partial charge in [0.2, 0.25) is 11.6 Å². The summed E-state index contributed by atoms with van der Waals surface area (Å²) in [6.45, 7) is 0. The third-order valence-corrected chi connectivity index (χ3v) is 4.99. The van der Waals surface area contributed by atoms with Crippen molar-refractivity contribution in [1.82, 2.24) is 15.0 Å². The summed E-state index contributed by atoms with van der Waals surface area (Å²) in [7, 11) is 0. The molecular weight excluding hydrogens is 376 g/mol. The van der Waals surface area contributed by atoms with Crippen molar-refractivity contribution in [3.8, 4) is 57.1 Å². The van der Waals surface area contributed by atoms with E-state index in [1.54, 1.807) is 0 Å². The van der Waals surface area contributed by atoms with Crippen molar-refractivity contribution in [1.29, 1.82) is 0 Å². The first-order valence-corrected chi connectivity index (χ1v) is 9.54. The Hall–Kier alpha value is -4.32. The second-order valence-corrected chi connectivity index (χ2v) is 6.94. The van der Waals surface area contributed by atoms with E-state index < -0.39 is 0 Å². The maximum Gasteiger partial charge on any atom is 0.328 e. The lowest BCUT2D eigenvalue weighted by molar-refractivity contribution is -0.378. The number of aromatic nitrogens is 4. The second kappa shape index (κ2) is 7.25. The first-order chi connectivity index (χ1) is 14.7. The molecule has 146 valence electrons. The van der Waals surface area contributed by atoms with E-state index in [0.717, 1.165) is 22.3 Å². The number of nitrogens with one attached hydrogen (secondary N) is 3. The lowest BCUT2D eigenvalue weighted by Gasteiger charge is -1.99. The molecule has 0 unspecified atom stereocenters. The Balaban J connectivity index is 1.45. The highest BCUT2D eigenvalue weighted by Crippen LogP contribution is 2.31. The molecule has 0 aliphatic heterocycles. The zero-order chi connectivity index (χ0) is 20.5. The molecule has 0 spiro atoms. The fraction of sp³-hybridized carbons (Fsp3) is 0. The standard InChI is InChI=1S/C24H18N4O2/c29-23-19(15-7-3-1-4-8-15)25-21(27-23)17-11-13-18(14-12-17)22-26-20(24(30)28-22)16-9-5-2-6-10-16/h1-14,29-30H,(H,25,27)(H,26,28)/p+1. The largest absolute Gasteiger partial charge is 0.492 e. The van der Waals surface area contributed by atoms with Crippen LogP contribution in [-0.2, 0) is 0 Å². The SMILES string of the molecule is Oc1nc(-c2ccc(-c3[nH]c(-c4ccccc4)c(O)[nH+]3)cc2)[nH]c1-c1ccccc1. The van der Waals surface area contributed by atoms with Gasteiger partial charge < -0.3 is 15.2 Å². The van der Waals surface area contributed by atoms with E-state index in [2.05, 4.69) is 19.9 Å². The van der Waals surface area contributed by atoms with Gasteiger partial charge in [-0.15, -0.1) is 0 Å². The van der Waals surface area contributed by atoms with Crippen LogP contribution < -0.4 is 4.98 Å². The van der Waals surface area contributed by atoms with Crippen molar-refractivity contribution in [2.24, 2.45) is 0 Å². The molecule has 6 nitrogen and oxygen atoms in total. The van der Waals surface area contributed by atoms with E-state index in [4.69, 9.17) is 0 Å². The van der Waals surface area contributed by atoms with E-state index in [0.29, 0.717) is 23.0 Å². The maximum absolute atomic E-state index is 10.3.